The van der Waals surface area contributed by atoms with Crippen molar-refractivity contribution in [3.05, 3.63) is 82.5 Å². The number of nitrogens with zero attached hydrogens (tertiary/aromatic N) is 3. The molecule has 2 aromatic heterocycles. The Balaban J connectivity index is 1.51. The molecule has 3 aliphatic heterocycles. The maximum Gasteiger partial charge on any atom is 0.250 e. The first kappa shape index (κ1) is 30.6. The number of anilines is 1. The van der Waals surface area contributed by atoms with Crippen LogP contribution in [0, 0.1) is 34.4 Å². The topological polar surface area (TPSA) is 164 Å². The third-order valence-electron chi connectivity index (χ3n) is 9.28. The van der Waals surface area contributed by atoms with Gasteiger partial charge in [0.05, 0.1) is 0 Å². The standard InChI is InChI=1S/C35H34FN5O6/c1-16(2)27(43)24(42)12-18-10-17-6-9-25-22(11-17)35(21-13-19(36)7-8-23(21)39-33(35)46-25)29-26(31-38-20(14-37)15-45-31)40-32(47-29)28(34(3,4)5)41-30(18)44/h6-9,11,13,15-16,18,27-28,33,39,43H,10,12H2,1-5H3,(H,41,44)/t18-,27+,28-,33-,35+/m1/s1. The van der Waals surface area contributed by atoms with E-state index in [4.69, 9.17) is 18.6 Å². The summed E-state index contributed by atoms with van der Waals surface area (Å²) in [6.45, 7) is 9.24. The summed E-state index contributed by atoms with van der Waals surface area (Å²) in [7, 11) is 0. The van der Waals surface area contributed by atoms with Crippen LogP contribution in [0.1, 0.15) is 81.1 Å². The number of halogens is 1. The molecule has 3 aliphatic rings. The summed E-state index contributed by atoms with van der Waals surface area (Å²) in [5.41, 5.74) is 0.766. The number of oxazole rings is 2. The number of benzene rings is 2. The van der Waals surface area contributed by atoms with Crippen molar-refractivity contribution in [2.75, 3.05) is 5.32 Å². The Labute approximate surface area is 270 Å². The second kappa shape index (κ2) is 10.8. The van der Waals surface area contributed by atoms with E-state index >= 15 is 4.39 Å². The van der Waals surface area contributed by atoms with Crippen molar-refractivity contribution in [1.82, 2.24) is 15.3 Å². The van der Waals surface area contributed by atoms with E-state index < -0.39 is 52.6 Å². The number of aromatic nitrogens is 2. The van der Waals surface area contributed by atoms with Crippen LogP contribution in [0.2, 0.25) is 0 Å². The second-order valence-electron chi connectivity index (χ2n) is 13.9. The van der Waals surface area contributed by atoms with Crippen LogP contribution in [0.15, 0.2) is 51.5 Å². The van der Waals surface area contributed by atoms with Gasteiger partial charge < -0.3 is 29.3 Å². The molecule has 1 spiro atoms. The van der Waals surface area contributed by atoms with Crippen molar-refractivity contribution >= 4 is 17.4 Å². The number of nitriles is 1. The average molecular weight is 640 g/mol. The first-order valence-electron chi connectivity index (χ1n) is 15.6. The average Bonchev–Trinajstić information content (AvgIpc) is 3.79. The second-order valence-corrected chi connectivity index (χ2v) is 13.9. The Hall–Kier alpha value is -5.02. The van der Waals surface area contributed by atoms with E-state index in [0.717, 1.165) is 5.56 Å². The van der Waals surface area contributed by atoms with Crippen molar-refractivity contribution in [3.63, 3.8) is 0 Å². The molecule has 2 aromatic carbocycles. The van der Waals surface area contributed by atoms with Gasteiger partial charge in [-0.1, -0.05) is 46.8 Å². The molecule has 5 heterocycles. The van der Waals surface area contributed by atoms with Crippen LogP contribution in [-0.4, -0.2) is 39.1 Å². The maximum atomic E-state index is 15.1. The smallest absolute Gasteiger partial charge is 0.250 e. The minimum absolute atomic E-state index is 0.00846. The van der Waals surface area contributed by atoms with Gasteiger partial charge in [0.25, 0.3) is 0 Å². The summed E-state index contributed by atoms with van der Waals surface area (Å²) in [5, 5.41) is 26.6. The summed E-state index contributed by atoms with van der Waals surface area (Å²) >= 11 is 0. The monoisotopic (exact) mass is 639 g/mol. The molecule has 7 rings (SSSR count). The predicted octanol–water partition coefficient (Wildman–Crippen LogP) is 5.17. The lowest BCUT2D eigenvalue weighted by molar-refractivity contribution is -0.135. The summed E-state index contributed by atoms with van der Waals surface area (Å²) < 4.78 is 34.1. The highest BCUT2D eigenvalue weighted by atomic mass is 19.1. The number of ketones is 1. The number of aliphatic hydroxyl groups is 1. The van der Waals surface area contributed by atoms with Crippen molar-refractivity contribution in [1.29, 1.82) is 5.26 Å². The molecule has 4 bridgehead atoms. The summed E-state index contributed by atoms with van der Waals surface area (Å²) in [6.07, 6.45) is -0.800. The maximum absolute atomic E-state index is 15.1. The van der Waals surface area contributed by atoms with Crippen LogP contribution in [0.3, 0.4) is 0 Å². The number of carbonyl (C=O) groups excluding carboxylic acids is 2. The Morgan fingerprint density at radius 1 is 1.17 bits per heavy atom. The van der Waals surface area contributed by atoms with Gasteiger partial charge in [-0.3, -0.25) is 9.59 Å². The number of Topliss-reactive ketones (excluding diaryl/α,β-unsaturated/α-hetero) is 1. The van der Waals surface area contributed by atoms with E-state index in [-0.39, 0.29) is 47.7 Å². The van der Waals surface area contributed by atoms with E-state index in [9.17, 15) is 20.0 Å². The van der Waals surface area contributed by atoms with Crippen molar-refractivity contribution in [2.24, 2.45) is 17.3 Å². The normalized spacial score (nSPS) is 23.4. The van der Waals surface area contributed by atoms with Crippen molar-refractivity contribution in [3.8, 4) is 23.4 Å². The molecule has 0 unspecified atom stereocenters. The lowest BCUT2D eigenvalue weighted by Crippen LogP contribution is -2.42. The Kier molecular flexibility index (Phi) is 7.02. The molecule has 0 radical (unpaired) electrons. The van der Waals surface area contributed by atoms with Crippen molar-refractivity contribution in [2.45, 2.75) is 71.2 Å². The fourth-order valence-electron chi connectivity index (χ4n) is 6.86. The number of rotatable bonds is 5. The Bertz CT molecular complexity index is 1970. The Morgan fingerprint density at radius 2 is 1.96 bits per heavy atom. The lowest BCUT2D eigenvalue weighted by Gasteiger charge is -2.32. The van der Waals surface area contributed by atoms with Gasteiger partial charge in [-0.05, 0) is 47.6 Å². The summed E-state index contributed by atoms with van der Waals surface area (Å²) in [4.78, 5) is 36.5. The highest BCUT2D eigenvalue weighted by molar-refractivity contribution is 5.89. The molecule has 0 aliphatic carbocycles. The number of hydrogen-bond donors (Lipinski definition) is 3. The molecule has 0 fully saturated rings. The van der Waals surface area contributed by atoms with Gasteiger partial charge >= 0.3 is 0 Å². The molecule has 5 atom stereocenters. The number of nitrogens with one attached hydrogen (secondary N) is 2. The molecular weight excluding hydrogens is 605 g/mol. The first-order valence-corrected chi connectivity index (χ1v) is 15.6. The molecule has 12 heteroatoms. The summed E-state index contributed by atoms with van der Waals surface area (Å²) in [6, 6.07) is 11.1. The van der Waals surface area contributed by atoms with Crippen LogP contribution < -0.4 is 15.4 Å². The van der Waals surface area contributed by atoms with Crippen LogP contribution in [0.5, 0.6) is 5.75 Å². The van der Waals surface area contributed by atoms with Crippen LogP contribution >= 0.6 is 0 Å². The van der Waals surface area contributed by atoms with Gasteiger partial charge in [-0.2, -0.15) is 10.2 Å². The molecule has 11 nitrogen and oxygen atoms in total. The molecule has 3 N–H and O–H groups in total. The molecule has 47 heavy (non-hydrogen) atoms. The Morgan fingerprint density at radius 3 is 2.66 bits per heavy atom. The fourth-order valence-corrected chi connectivity index (χ4v) is 6.86. The predicted molar refractivity (Wildman–Crippen MR) is 165 cm³/mol. The van der Waals surface area contributed by atoms with Crippen LogP contribution in [-0.2, 0) is 21.4 Å². The van der Waals surface area contributed by atoms with E-state index in [1.165, 1.54) is 18.4 Å². The zero-order chi connectivity index (χ0) is 33.4. The quantitative estimate of drug-likeness (QED) is 0.265. The third-order valence-corrected chi connectivity index (χ3v) is 9.28. The third kappa shape index (κ3) is 4.79. The molecule has 4 aromatic rings. The number of amides is 1. The molecule has 1 amide bonds. The van der Waals surface area contributed by atoms with Crippen LogP contribution in [0.4, 0.5) is 10.1 Å². The van der Waals surface area contributed by atoms with E-state index in [1.54, 1.807) is 26.0 Å². The fraction of sp³-hybridized carbons (Fsp3) is 0.400. The SMILES string of the molecule is CC(C)[C@H](O)C(=O)C[C@H]1Cc2ccc3c(c2)[C@@]2(c4cc(F)ccc4N[C@@H]2O3)c2oc(nc2-c2nc(C#N)co2)[C@H](C(C)(C)C)NC1=O. The number of aliphatic hydroxyl groups excluding tert-OH is 1. The summed E-state index contributed by atoms with van der Waals surface area (Å²) in [5.74, 6) is -1.57. The van der Waals surface area contributed by atoms with Gasteiger partial charge in [0.2, 0.25) is 17.7 Å². The highest BCUT2D eigenvalue weighted by Gasteiger charge is 2.61. The number of fused-ring (bicyclic) bond motifs is 4. The number of hydrogen-bond acceptors (Lipinski definition) is 10. The van der Waals surface area contributed by atoms with Crippen LogP contribution in [0.25, 0.3) is 11.6 Å². The molecule has 242 valence electrons. The van der Waals surface area contributed by atoms with Gasteiger partial charge in [0.15, 0.2) is 29.2 Å². The number of ether oxygens (including phenoxy) is 1. The molecular formula is C35H34FN5O6. The van der Waals surface area contributed by atoms with Gasteiger partial charge in [-0.15, -0.1) is 0 Å². The van der Waals surface area contributed by atoms with Gasteiger partial charge in [0.1, 0.15) is 41.5 Å². The van der Waals surface area contributed by atoms with Gasteiger partial charge in [-0.25, -0.2) is 9.37 Å². The zero-order valence-electron chi connectivity index (χ0n) is 26.6. The minimum atomic E-state index is -1.30. The molecule has 0 saturated carbocycles. The van der Waals surface area contributed by atoms with E-state index in [2.05, 4.69) is 15.6 Å². The van der Waals surface area contributed by atoms with Crippen molar-refractivity contribution < 1.29 is 32.7 Å². The zero-order valence-corrected chi connectivity index (χ0v) is 26.6. The molecule has 0 saturated heterocycles. The highest BCUT2D eigenvalue weighted by Crippen LogP contribution is 2.59. The minimum Gasteiger partial charge on any atom is -0.469 e. The van der Waals surface area contributed by atoms with Gasteiger partial charge in [0, 0.05) is 29.2 Å². The van der Waals surface area contributed by atoms with E-state index in [1.807, 2.05) is 39.0 Å². The number of carbonyl (C=O) groups is 2. The van der Waals surface area contributed by atoms with E-state index in [0.29, 0.717) is 22.6 Å². The first-order chi connectivity index (χ1) is 22.3. The lowest BCUT2D eigenvalue weighted by atomic mass is 9.72. The largest absolute Gasteiger partial charge is 0.469 e.